The minimum atomic E-state index is -5.14. The van der Waals surface area contributed by atoms with Crippen LogP contribution in [0.1, 0.15) is 22.3 Å². The first-order valence-electron chi connectivity index (χ1n) is 9.60. The molecule has 0 aliphatic carbocycles. The highest BCUT2D eigenvalue weighted by molar-refractivity contribution is 9.09. The van der Waals surface area contributed by atoms with Gasteiger partial charge in [0.1, 0.15) is 6.61 Å². The Kier molecular flexibility index (Phi) is 7.44. The smallest absolute Gasteiger partial charge is 0.472 e. The Morgan fingerprint density at radius 1 is 1.09 bits per heavy atom. The van der Waals surface area contributed by atoms with Gasteiger partial charge >= 0.3 is 12.1 Å². The lowest BCUT2D eigenvalue weighted by atomic mass is 10.1. The molecule has 10 heteroatoms. The van der Waals surface area contributed by atoms with Gasteiger partial charge in [0.25, 0.3) is 5.91 Å². The number of nitrogens with zero attached hydrogens (tertiary/aromatic N) is 2. The van der Waals surface area contributed by atoms with E-state index in [0.29, 0.717) is 16.7 Å². The maximum absolute atomic E-state index is 13.3. The van der Waals surface area contributed by atoms with E-state index in [4.69, 9.17) is 9.47 Å². The van der Waals surface area contributed by atoms with Crippen LogP contribution < -0.4 is 14.4 Å². The zero-order chi connectivity index (χ0) is 23.3. The summed E-state index contributed by atoms with van der Waals surface area (Å²) in [6.07, 6.45) is -2.46. The molecule has 2 aromatic carbocycles. The maximum atomic E-state index is 13.3. The van der Waals surface area contributed by atoms with Crippen molar-refractivity contribution in [2.75, 3.05) is 23.9 Å². The van der Waals surface area contributed by atoms with Gasteiger partial charge in [-0.2, -0.15) is 13.2 Å². The molecule has 32 heavy (non-hydrogen) atoms. The monoisotopic (exact) mass is 512 g/mol. The average Bonchev–Trinajstić information content (AvgIpc) is 2.91. The summed E-state index contributed by atoms with van der Waals surface area (Å²) in [6, 6.07) is 11.6. The Labute approximate surface area is 191 Å². The molecule has 170 valence electrons. The number of ether oxygens (including phenoxy) is 2. The molecule has 0 radical (unpaired) electrons. The van der Waals surface area contributed by atoms with Gasteiger partial charge in [0.05, 0.1) is 18.4 Å². The molecule has 0 fully saturated rings. The fourth-order valence-electron chi connectivity index (χ4n) is 3.10. The summed E-state index contributed by atoms with van der Waals surface area (Å²) in [7, 11) is 1.36. The Morgan fingerprint density at radius 2 is 1.81 bits per heavy atom. The van der Waals surface area contributed by atoms with Crippen LogP contribution in [0.4, 0.5) is 18.9 Å². The number of amides is 2. The van der Waals surface area contributed by atoms with E-state index in [-0.39, 0.29) is 35.9 Å². The van der Waals surface area contributed by atoms with Crippen LogP contribution in [-0.2, 0) is 11.4 Å². The molecule has 0 atom stereocenters. The van der Waals surface area contributed by atoms with Crippen LogP contribution in [-0.4, -0.2) is 41.9 Å². The van der Waals surface area contributed by atoms with Crippen LogP contribution in [0.3, 0.4) is 0 Å². The highest BCUT2D eigenvalue weighted by Crippen LogP contribution is 2.39. The summed E-state index contributed by atoms with van der Waals surface area (Å²) in [6.45, 7) is 0.368. The van der Waals surface area contributed by atoms with E-state index < -0.39 is 18.0 Å². The molecule has 0 N–H and O–H groups in total. The molecule has 0 unspecified atom stereocenters. The van der Waals surface area contributed by atoms with Gasteiger partial charge in [-0.3, -0.25) is 14.5 Å². The van der Waals surface area contributed by atoms with Crippen molar-refractivity contribution in [3.05, 3.63) is 66.0 Å². The van der Waals surface area contributed by atoms with E-state index in [0.717, 1.165) is 11.8 Å². The van der Waals surface area contributed by atoms with Crippen molar-refractivity contribution < 1.29 is 32.2 Å². The second-order valence-electron chi connectivity index (χ2n) is 6.81. The number of benzene rings is 2. The molecular weight excluding hydrogens is 493 g/mol. The van der Waals surface area contributed by atoms with Crippen LogP contribution in [0.25, 0.3) is 0 Å². The lowest BCUT2D eigenvalue weighted by Crippen LogP contribution is -2.38. The first-order valence-corrected chi connectivity index (χ1v) is 10.7. The third kappa shape index (κ3) is 5.24. The fourth-order valence-corrected chi connectivity index (χ4v) is 3.35. The predicted molar refractivity (Wildman–Crippen MR) is 116 cm³/mol. The van der Waals surface area contributed by atoms with E-state index in [1.54, 1.807) is 0 Å². The quantitative estimate of drug-likeness (QED) is 0.496. The second-order valence-corrected chi connectivity index (χ2v) is 7.60. The summed E-state index contributed by atoms with van der Waals surface area (Å²) >= 11 is 3.27. The van der Waals surface area contributed by atoms with Gasteiger partial charge in [-0.25, -0.2) is 0 Å². The molecule has 0 aromatic heterocycles. The molecule has 0 bridgehead atoms. The molecule has 2 amide bonds. The molecule has 0 saturated carbocycles. The summed E-state index contributed by atoms with van der Waals surface area (Å²) < 4.78 is 50.9. The summed E-state index contributed by atoms with van der Waals surface area (Å²) in [5, 5.41) is 0.595. The van der Waals surface area contributed by atoms with Crippen LogP contribution in [0.15, 0.2) is 54.9 Å². The highest BCUT2D eigenvalue weighted by Gasteiger charge is 2.44. The van der Waals surface area contributed by atoms with Crippen LogP contribution >= 0.6 is 15.9 Å². The highest BCUT2D eigenvalue weighted by atomic mass is 79.9. The van der Waals surface area contributed by atoms with Gasteiger partial charge in [-0.15, -0.1) is 0 Å². The van der Waals surface area contributed by atoms with E-state index in [2.05, 4.69) is 15.9 Å². The number of hydrogen-bond donors (Lipinski definition) is 0. The van der Waals surface area contributed by atoms with Gasteiger partial charge in [-0.05, 0) is 18.1 Å². The average molecular weight is 513 g/mol. The number of carbonyl (C=O) groups excluding carboxylic acids is 2. The standard InChI is InChI=1S/C22H20BrF3N2O4/c1-31-18-12-16-17(13-19(18)32-14-15-6-3-2-4-7-15)28(21(30)22(24,25)26)11-10-27(20(16)29)9-5-8-23/h2-4,6-7,10-13H,5,8-9,14H2,1H3. The lowest BCUT2D eigenvalue weighted by molar-refractivity contribution is -0.169. The van der Waals surface area contributed by atoms with Crippen molar-refractivity contribution in [3.63, 3.8) is 0 Å². The van der Waals surface area contributed by atoms with Crippen molar-refractivity contribution >= 4 is 33.4 Å². The predicted octanol–water partition coefficient (Wildman–Crippen LogP) is 4.88. The minimum absolute atomic E-state index is 0.102. The number of alkyl halides is 4. The third-order valence-corrected chi connectivity index (χ3v) is 5.22. The fraction of sp³-hybridized carbons (Fsp3) is 0.273. The van der Waals surface area contributed by atoms with Crippen molar-refractivity contribution in [1.29, 1.82) is 0 Å². The zero-order valence-corrected chi connectivity index (χ0v) is 18.6. The van der Waals surface area contributed by atoms with E-state index >= 15 is 0 Å². The number of fused-ring (bicyclic) bond motifs is 1. The Morgan fingerprint density at radius 3 is 2.44 bits per heavy atom. The number of halogens is 4. The Balaban J connectivity index is 2.06. The molecule has 6 nitrogen and oxygen atoms in total. The number of rotatable bonds is 7. The Bertz CT molecular complexity index is 1010. The van der Waals surface area contributed by atoms with Gasteiger partial charge in [0.2, 0.25) is 0 Å². The summed E-state index contributed by atoms with van der Waals surface area (Å²) in [5.74, 6) is -2.41. The van der Waals surface area contributed by atoms with Gasteiger partial charge in [0.15, 0.2) is 11.5 Å². The lowest BCUT2D eigenvalue weighted by Gasteiger charge is -2.22. The molecule has 3 rings (SSSR count). The molecule has 1 heterocycles. The molecule has 2 aromatic rings. The maximum Gasteiger partial charge on any atom is 0.472 e. The summed E-state index contributed by atoms with van der Waals surface area (Å²) in [4.78, 5) is 26.9. The van der Waals surface area contributed by atoms with Crippen molar-refractivity contribution in [2.45, 2.75) is 19.2 Å². The third-order valence-electron chi connectivity index (χ3n) is 4.66. The van der Waals surface area contributed by atoms with E-state index in [1.165, 1.54) is 30.3 Å². The van der Waals surface area contributed by atoms with Gasteiger partial charge < -0.3 is 14.4 Å². The topological polar surface area (TPSA) is 59.1 Å². The SMILES string of the molecule is COc1cc2c(cc1OCc1ccccc1)N(C(=O)C(F)(F)F)C=CN(CCCBr)C2=O. The second kappa shape index (κ2) is 10.1. The molecule has 0 spiro atoms. The largest absolute Gasteiger partial charge is 0.493 e. The number of hydrogen-bond acceptors (Lipinski definition) is 4. The number of methoxy groups -OCH3 is 1. The van der Waals surface area contributed by atoms with Crippen molar-refractivity contribution in [2.24, 2.45) is 0 Å². The molecule has 0 saturated heterocycles. The van der Waals surface area contributed by atoms with E-state index in [9.17, 15) is 22.8 Å². The van der Waals surface area contributed by atoms with Gasteiger partial charge in [-0.1, -0.05) is 46.3 Å². The normalized spacial score (nSPS) is 13.6. The van der Waals surface area contributed by atoms with Crippen LogP contribution in [0.5, 0.6) is 11.5 Å². The van der Waals surface area contributed by atoms with Crippen LogP contribution in [0.2, 0.25) is 0 Å². The van der Waals surface area contributed by atoms with Crippen LogP contribution in [0, 0.1) is 0 Å². The zero-order valence-electron chi connectivity index (χ0n) is 17.1. The van der Waals surface area contributed by atoms with Crippen molar-refractivity contribution in [3.8, 4) is 11.5 Å². The molecular formula is C22H20BrF3N2O4. The summed E-state index contributed by atoms with van der Waals surface area (Å²) in [5.41, 5.74) is 0.481. The molecule has 1 aliphatic rings. The number of anilines is 1. The molecule has 1 aliphatic heterocycles. The first kappa shape index (κ1) is 23.6. The minimum Gasteiger partial charge on any atom is -0.493 e. The van der Waals surface area contributed by atoms with Gasteiger partial charge in [0, 0.05) is 30.3 Å². The van der Waals surface area contributed by atoms with E-state index in [1.807, 2.05) is 30.3 Å². The van der Waals surface area contributed by atoms with Crippen molar-refractivity contribution in [1.82, 2.24) is 4.90 Å². The first-order chi connectivity index (χ1) is 15.3. The number of carbonyl (C=O) groups is 2. The Hall–Kier alpha value is -3.01.